The number of hydrogen-bond donors (Lipinski definition) is 1. The maximum atomic E-state index is 14.1. The zero-order valence-corrected chi connectivity index (χ0v) is 13.8. The van der Waals surface area contributed by atoms with Crippen LogP contribution in [0.15, 0.2) is 18.2 Å². The highest BCUT2D eigenvalue weighted by molar-refractivity contribution is 7.21. The summed E-state index contributed by atoms with van der Waals surface area (Å²) in [5, 5.41) is 9.36. The Morgan fingerprint density at radius 2 is 2.13 bits per heavy atom. The third-order valence-corrected chi connectivity index (χ3v) is 4.54. The van der Waals surface area contributed by atoms with Crippen molar-refractivity contribution in [2.75, 3.05) is 20.2 Å². The maximum Gasteiger partial charge on any atom is 0.323 e. The Labute approximate surface area is 137 Å². The van der Waals surface area contributed by atoms with Crippen LogP contribution in [0, 0.1) is 5.82 Å². The van der Waals surface area contributed by atoms with Gasteiger partial charge in [-0.05, 0) is 18.6 Å². The summed E-state index contributed by atoms with van der Waals surface area (Å²) in [6.45, 7) is 1.90. The van der Waals surface area contributed by atoms with E-state index in [1.165, 1.54) is 18.1 Å². The van der Waals surface area contributed by atoms with Gasteiger partial charge < -0.3 is 14.7 Å². The van der Waals surface area contributed by atoms with Crippen molar-refractivity contribution in [3.63, 3.8) is 0 Å². The SMILES string of the molecule is CCCN(CC(=O)O)C(=O)c1sc2cccc(F)c2c1COC. The summed E-state index contributed by atoms with van der Waals surface area (Å²) in [5.74, 6) is -1.89. The number of hydrogen-bond acceptors (Lipinski definition) is 4. The normalized spacial score (nSPS) is 10.9. The molecule has 124 valence electrons. The Morgan fingerprint density at radius 3 is 2.74 bits per heavy atom. The molecule has 0 aliphatic carbocycles. The Bertz CT molecular complexity index is 728. The molecule has 1 aromatic heterocycles. The summed E-state index contributed by atoms with van der Waals surface area (Å²) in [5.41, 5.74) is 0.474. The molecule has 0 aliphatic rings. The van der Waals surface area contributed by atoms with E-state index in [1.807, 2.05) is 6.92 Å². The first kappa shape index (κ1) is 17.4. The Morgan fingerprint density at radius 1 is 1.39 bits per heavy atom. The van der Waals surface area contributed by atoms with Crippen molar-refractivity contribution in [2.24, 2.45) is 0 Å². The minimum atomic E-state index is -1.08. The molecule has 1 aromatic carbocycles. The number of benzene rings is 1. The molecule has 7 heteroatoms. The number of ether oxygens (including phenoxy) is 1. The summed E-state index contributed by atoms with van der Waals surface area (Å²) in [6.07, 6.45) is 0.637. The van der Waals surface area contributed by atoms with E-state index in [1.54, 1.807) is 12.1 Å². The lowest BCUT2D eigenvalue weighted by molar-refractivity contribution is -0.137. The fraction of sp³-hybridized carbons (Fsp3) is 0.375. The molecule has 0 saturated heterocycles. The number of carboxylic acid groups (broad SMARTS) is 1. The van der Waals surface area contributed by atoms with Crippen molar-refractivity contribution < 1.29 is 23.8 Å². The average Bonchev–Trinajstić information content (AvgIpc) is 2.86. The van der Waals surface area contributed by atoms with Crippen LogP contribution in [-0.4, -0.2) is 42.1 Å². The van der Waals surface area contributed by atoms with Crippen molar-refractivity contribution in [3.8, 4) is 0 Å². The smallest absolute Gasteiger partial charge is 0.323 e. The van der Waals surface area contributed by atoms with Gasteiger partial charge in [-0.15, -0.1) is 11.3 Å². The van der Waals surface area contributed by atoms with Gasteiger partial charge in [0.25, 0.3) is 5.91 Å². The van der Waals surface area contributed by atoms with Gasteiger partial charge in [0, 0.05) is 29.3 Å². The maximum absolute atomic E-state index is 14.1. The van der Waals surface area contributed by atoms with E-state index >= 15 is 0 Å². The first-order valence-electron chi connectivity index (χ1n) is 7.19. The molecule has 23 heavy (non-hydrogen) atoms. The largest absolute Gasteiger partial charge is 0.480 e. The van der Waals surface area contributed by atoms with E-state index in [0.29, 0.717) is 33.5 Å². The van der Waals surface area contributed by atoms with Crippen LogP contribution in [0.5, 0.6) is 0 Å². The van der Waals surface area contributed by atoms with Crippen molar-refractivity contribution in [2.45, 2.75) is 20.0 Å². The lowest BCUT2D eigenvalue weighted by atomic mass is 10.1. The van der Waals surface area contributed by atoms with Crippen LogP contribution in [0.25, 0.3) is 10.1 Å². The predicted molar refractivity (Wildman–Crippen MR) is 86.3 cm³/mol. The molecular formula is C16H18FNO4S. The monoisotopic (exact) mass is 339 g/mol. The molecule has 0 radical (unpaired) electrons. The van der Waals surface area contributed by atoms with Gasteiger partial charge in [-0.2, -0.15) is 0 Å². The minimum absolute atomic E-state index is 0.0923. The van der Waals surface area contributed by atoms with Crippen molar-refractivity contribution in [1.29, 1.82) is 0 Å². The number of carboxylic acids is 1. The number of methoxy groups -OCH3 is 1. The standard InChI is InChI=1S/C16H18FNO4S/c1-3-7-18(8-13(19)20)16(21)15-10(9-22-2)14-11(17)5-4-6-12(14)23-15/h4-6H,3,7-9H2,1-2H3,(H,19,20). The number of aliphatic carboxylic acids is 1. The highest BCUT2D eigenvalue weighted by Crippen LogP contribution is 2.34. The number of halogens is 1. The number of carbonyl (C=O) groups is 2. The van der Waals surface area contributed by atoms with Crippen LogP contribution >= 0.6 is 11.3 Å². The first-order chi connectivity index (χ1) is 11.0. The van der Waals surface area contributed by atoms with Crippen LogP contribution < -0.4 is 0 Å². The molecule has 0 saturated carbocycles. The molecule has 0 unspecified atom stereocenters. The van der Waals surface area contributed by atoms with Gasteiger partial charge in [-0.3, -0.25) is 9.59 Å². The second-order valence-electron chi connectivity index (χ2n) is 5.08. The Hall–Kier alpha value is -1.99. The molecule has 1 N–H and O–H groups in total. The van der Waals surface area contributed by atoms with Crippen LogP contribution in [0.1, 0.15) is 28.6 Å². The van der Waals surface area contributed by atoms with Gasteiger partial charge in [-0.25, -0.2) is 4.39 Å². The highest BCUT2D eigenvalue weighted by Gasteiger charge is 2.25. The molecule has 2 aromatic rings. The zero-order valence-electron chi connectivity index (χ0n) is 13.0. The fourth-order valence-electron chi connectivity index (χ4n) is 2.45. The molecular weight excluding hydrogens is 321 g/mol. The molecule has 0 spiro atoms. The number of thiophene rings is 1. The van der Waals surface area contributed by atoms with Crippen LogP contribution in [0.2, 0.25) is 0 Å². The number of nitrogens with zero attached hydrogens (tertiary/aromatic N) is 1. The lowest BCUT2D eigenvalue weighted by Crippen LogP contribution is -2.36. The van der Waals surface area contributed by atoms with Gasteiger partial charge in [0.2, 0.25) is 0 Å². The van der Waals surface area contributed by atoms with Gasteiger partial charge in [-0.1, -0.05) is 13.0 Å². The van der Waals surface area contributed by atoms with E-state index < -0.39 is 17.7 Å². The number of fused-ring (bicyclic) bond motifs is 1. The molecule has 0 atom stereocenters. The number of rotatable bonds is 7. The summed E-state index contributed by atoms with van der Waals surface area (Å²) < 4.78 is 19.9. The topological polar surface area (TPSA) is 66.8 Å². The second kappa shape index (κ2) is 7.52. The third kappa shape index (κ3) is 3.68. The Kier molecular flexibility index (Phi) is 5.68. The molecule has 2 rings (SSSR count). The van der Waals surface area contributed by atoms with E-state index in [4.69, 9.17) is 9.84 Å². The fourth-order valence-corrected chi connectivity index (χ4v) is 3.64. The van der Waals surface area contributed by atoms with Crippen molar-refractivity contribution >= 4 is 33.3 Å². The molecule has 0 fully saturated rings. The lowest BCUT2D eigenvalue weighted by Gasteiger charge is -2.19. The molecule has 5 nitrogen and oxygen atoms in total. The second-order valence-corrected chi connectivity index (χ2v) is 6.13. The summed E-state index contributed by atoms with van der Waals surface area (Å²) in [4.78, 5) is 25.3. The zero-order chi connectivity index (χ0) is 17.0. The van der Waals surface area contributed by atoms with E-state index in [2.05, 4.69) is 0 Å². The van der Waals surface area contributed by atoms with Gasteiger partial charge in [0.05, 0.1) is 11.5 Å². The molecule has 1 heterocycles. The third-order valence-electron chi connectivity index (χ3n) is 3.35. The van der Waals surface area contributed by atoms with Gasteiger partial charge >= 0.3 is 5.97 Å². The molecule has 0 bridgehead atoms. The van der Waals surface area contributed by atoms with Crippen LogP contribution in [0.4, 0.5) is 4.39 Å². The van der Waals surface area contributed by atoms with Crippen molar-refractivity contribution in [1.82, 2.24) is 4.90 Å². The summed E-state index contributed by atoms with van der Waals surface area (Å²) in [6, 6.07) is 4.66. The van der Waals surface area contributed by atoms with E-state index in [-0.39, 0.29) is 13.2 Å². The average molecular weight is 339 g/mol. The number of amides is 1. The summed E-state index contributed by atoms with van der Waals surface area (Å²) >= 11 is 1.16. The highest BCUT2D eigenvalue weighted by atomic mass is 32.1. The number of carbonyl (C=O) groups excluding carboxylic acids is 1. The van der Waals surface area contributed by atoms with E-state index in [9.17, 15) is 14.0 Å². The van der Waals surface area contributed by atoms with Gasteiger partial charge in [0.1, 0.15) is 12.4 Å². The van der Waals surface area contributed by atoms with Gasteiger partial charge in [0.15, 0.2) is 0 Å². The van der Waals surface area contributed by atoms with E-state index in [0.717, 1.165) is 11.3 Å². The van der Waals surface area contributed by atoms with Crippen LogP contribution in [-0.2, 0) is 16.1 Å². The quantitative estimate of drug-likeness (QED) is 0.842. The predicted octanol–water partition coefficient (Wildman–Crippen LogP) is 3.12. The molecule has 0 aliphatic heterocycles. The van der Waals surface area contributed by atoms with Crippen molar-refractivity contribution in [3.05, 3.63) is 34.5 Å². The minimum Gasteiger partial charge on any atom is -0.480 e. The summed E-state index contributed by atoms with van der Waals surface area (Å²) in [7, 11) is 1.47. The van der Waals surface area contributed by atoms with Crippen LogP contribution in [0.3, 0.4) is 0 Å². The molecule has 1 amide bonds. The first-order valence-corrected chi connectivity index (χ1v) is 8.01. The Balaban J connectivity index is 2.52.